The number of halogens is 1. The smallest absolute Gasteiger partial charge is 0.338 e. The van der Waals surface area contributed by atoms with Crippen molar-refractivity contribution in [3.63, 3.8) is 0 Å². The number of aromatic nitrogens is 1. The van der Waals surface area contributed by atoms with E-state index in [0.717, 1.165) is 11.3 Å². The molecule has 5 rings (SSSR count). The fourth-order valence-corrected chi connectivity index (χ4v) is 5.71. The number of benzene rings is 2. The molecule has 1 aliphatic rings. The monoisotopic (exact) mass is 579 g/mol. The highest BCUT2D eigenvalue weighted by atomic mass is 35.5. The molecule has 0 bridgehead atoms. The van der Waals surface area contributed by atoms with Crippen molar-refractivity contribution in [3.8, 4) is 17.1 Å². The molecule has 40 heavy (non-hydrogen) atoms. The standard InChI is InChI=1S/C28H22ClN3O7S/c1-4-38-27(34)24-15(2)30-28-31(25(24)18-7-5-6-8-22(18)37-3)26(33)23(40-28)14-17-10-12-21(39-17)16-9-11-19(29)20(13-16)32(35)36/h5-14,25H,4H2,1-3H3/b23-14+/t25-/m0/s1. The average Bonchev–Trinajstić information content (AvgIpc) is 3.52. The first-order valence-corrected chi connectivity index (χ1v) is 13.3. The van der Waals surface area contributed by atoms with E-state index >= 15 is 0 Å². The summed E-state index contributed by atoms with van der Waals surface area (Å²) >= 11 is 7.07. The Kier molecular flexibility index (Phi) is 7.42. The summed E-state index contributed by atoms with van der Waals surface area (Å²) in [5, 5.41) is 11.3. The molecule has 0 radical (unpaired) electrons. The minimum absolute atomic E-state index is 0.0173. The molecule has 1 aliphatic heterocycles. The second-order valence-corrected chi connectivity index (χ2v) is 10.1. The van der Waals surface area contributed by atoms with Crippen LogP contribution in [0.5, 0.6) is 5.75 Å². The maximum absolute atomic E-state index is 13.8. The topological polar surface area (TPSA) is 126 Å². The summed E-state index contributed by atoms with van der Waals surface area (Å²) in [6.45, 7) is 3.58. The van der Waals surface area contributed by atoms with E-state index in [9.17, 15) is 19.7 Å². The van der Waals surface area contributed by atoms with Crippen molar-refractivity contribution >= 4 is 40.7 Å². The average molecular weight is 580 g/mol. The lowest BCUT2D eigenvalue weighted by molar-refractivity contribution is -0.384. The lowest BCUT2D eigenvalue weighted by Crippen LogP contribution is -2.40. The summed E-state index contributed by atoms with van der Waals surface area (Å²) in [7, 11) is 1.52. The first-order valence-electron chi connectivity index (χ1n) is 12.1. The molecule has 0 saturated heterocycles. The number of allylic oxidation sites excluding steroid dienone is 1. The molecule has 0 fully saturated rings. The molecule has 2 aromatic heterocycles. The van der Waals surface area contributed by atoms with E-state index in [1.807, 2.05) is 0 Å². The number of esters is 1. The number of nitrogens with zero attached hydrogens (tertiary/aromatic N) is 3. The number of thiazole rings is 1. The molecule has 0 spiro atoms. The molecule has 3 heterocycles. The number of ether oxygens (including phenoxy) is 2. The van der Waals surface area contributed by atoms with Crippen molar-refractivity contribution in [1.29, 1.82) is 0 Å². The van der Waals surface area contributed by atoms with Gasteiger partial charge in [0, 0.05) is 23.3 Å². The van der Waals surface area contributed by atoms with Gasteiger partial charge in [0.2, 0.25) is 0 Å². The first kappa shape index (κ1) is 27.1. The Balaban J connectivity index is 1.64. The van der Waals surface area contributed by atoms with Gasteiger partial charge in [0.05, 0.1) is 34.4 Å². The van der Waals surface area contributed by atoms with E-state index in [1.54, 1.807) is 62.4 Å². The molecule has 204 valence electrons. The fraction of sp³-hybridized carbons (Fsp3) is 0.179. The van der Waals surface area contributed by atoms with Gasteiger partial charge in [-0.05, 0) is 44.2 Å². The van der Waals surface area contributed by atoms with Crippen LogP contribution in [-0.2, 0) is 9.53 Å². The van der Waals surface area contributed by atoms with Crippen molar-refractivity contribution in [3.05, 3.63) is 112 Å². The number of furan rings is 1. The van der Waals surface area contributed by atoms with Gasteiger partial charge in [-0.1, -0.05) is 41.1 Å². The second kappa shape index (κ2) is 10.9. The number of fused-ring (bicyclic) bond motifs is 1. The quantitative estimate of drug-likeness (QED) is 0.177. The number of methoxy groups -OCH3 is 1. The highest BCUT2D eigenvalue weighted by molar-refractivity contribution is 7.07. The highest BCUT2D eigenvalue weighted by Gasteiger charge is 2.35. The van der Waals surface area contributed by atoms with Crippen molar-refractivity contribution in [1.82, 2.24) is 4.57 Å². The number of carbonyl (C=O) groups excluding carboxylic acids is 1. The molecule has 0 aliphatic carbocycles. The van der Waals surface area contributed by atoms with Gasteiger partial charge in [-0.2, -0.15) is 0 Å². The van der Waals surface area contributed by atoms with Gasteiger partial charge >= 0.3 is 5.97 Å². The predicted octanol–water partition coefficient (Wildman–Crippen LogP) is 4.63. The SMILES string of the molecule is CCOC(=O)C1=C(C)N=c2s/c(=C/c3ccc(-c4ccc(Cl)c([N+](=O)[O-])c4)o3)c(=O)n2[C@H]1c1ccccc1OC. The van der Waals surface area contributed by atoms with Crippen LogP contribution in [0.1, 0.15) is 31.2 Å². The lowest BCUT2D eigenvalue weighted by Gasteiger charge is -2.25. The van der Waals surface area contributed by atoms with Crippen LogP contribution in [0.25, 0.3) is 17.4 Å². The van der Waals surface area contributed by atoms with Gasteiger partial charge < -0.3 is 13.9 Å². The number of nitro groups is 1. The third kappa shape index (κ3) is 4.85. The zero-order chi connectivity index (χ0) is 28.6. The summed E-state index contributed by atoms with van der Waals surface area (Å²) in [6, 6.07) is 14.0. The third-order valence-electron chi connectivity index (χ3n) is 6.28. The summed E-state index contributed by atoms with van der Waals surface area (Å²) in [5.41, 5.74) is 1.13. The van der Waals surface area contributed by atoms with Crippen LogP contribution in [0.15, 0.2) is 80.1 Å². The van der Waals surface area contributed by atoms with Crippen LogP contribution in [-0.4, -0.2) is 29.2 Å². The Morgan fingerprint density at radius 3 is 2.75 bits per heavy atom. The van der Waals surface area contributed by atoms with Gasteiger partial charge in [-0.3, -0.25) is 19.5 Å². The Hall–Kier alpha value is -4.48. The van der Waals surface area contributed by atoms with E-state index in [1.165, 1.54) is 23.8 Å². The zero-order valence-corrected chi connectivity index (χ0v) is 23.1. The minimum Gasteiger partial charge on any atom is -0.496 e. The number of rotatable bonds is 7. The normalized spacial score (nSPS) is 15.0. The Labute approximate surface area is 236 Å². The largest absolute Gasteiger partial charge is 0.496 e. The van der Waals surface area contributed by atoms with Gasteiger partial charge in [-0.15, -0.1) is 0 Å². The van der Waals surface area contributed by atoms with Crippen molar-refractivity contribution in [2.45, 2.75) is 19.9 Å². The van der Waals surface area contributed by atoms with Crippen molar-refractivity contribution in [2.24, 2.45) is 4.99 Å². The molecule has 4 aromatic rings. The molecule has 12 heteroatoms. The molecular weight excluding hydrogens is 558 g/mol. The fourth-order valence-electron chi connectivity index (χ4n) is 4.50. The Morgan fingerprint density at radius 1 is 1.25 bits per heavy atom. The van der Waals surface area contributed by atoms with Crippen LogP contribution >= 0.6 is 22.9 Å². The maximum Gasteiger partial charge on any atom is 0.338 e. The Morgan fingerprint density at radius 2 is 2.02 bits per heavy atom. The number of hydrogen-bond acceptors (Lipinski definition) is 9. The van der Waals surface area contributed by atoms with E-state index in [0.29, 0.717) is 43.4 Å². The van der Waals surface area contributed by atoms with Crippen LogP contribution in [0.2, 0.25) is 5.02 Å². The summed E-state index contributed by atoms with van der Waals surface area (Å²) in [5.74, 6) is 0.659. The zero-order valence-electron chi connectivity index (χ0n) is 21.5. The molecule has 10 nitrogen and oxygen atoms in total. The summed E-state index contributed by atoms with van der Waals surface area (Å²) < 4.78 is 18.6. The number of hydrogen-bond donors (Lipinski definition) is 0. The highest BCUT2D eigenvalue weighted by Crippen LogP contribution is 2.36. The summed E-state index contributed by atoms with van der Waals surface area (Å²) in [4.78, 5) is 42.5. The predicted molar refractivity (Wildman–Crippen MR) is 149 cm³/mol. The summed E-state index contributed by atoms with van der Waals surface area (Å²) in [6.07, 6.45) is 1.57. The van der Waals surface area contributed by atoms with Crippen LogP contribution in [0.4, 0.5) is 5.69 Å². The van der Waals surface area contributed by atoms with E-state index < -0.39 is 16.9 Å². The molecule has 0 N–H and O–H groups in total. The number of nitro benzene ring substituents is 1. The molecule has 1 atom stereocenters. The first-order chi connectivity index (χ1) is 19.2. The van der Waals surface area contributed by atoms with Crippen LogP contribution in [0.3, 0.4) is 0 Å². The molecule has 0 amide bonds. The second-order valence-electron chi connectivity index (χ2n) is 8.67. The van der Waals surface area contributed by atoms with Crippen molar-refractivity contribution < 1.29 is 23.6 Å². The molecule has 0 unspecified atom stereocenters. The number of carbonyl (C=O) groups is 1. The van der Waals surface area contributed by atoms with E-state index in [4.69, 9.17) is 25.5 Å². The lowest BCUT2D eigenvalue weighted by atomic mass is 9.95. The van der Waals surface area contributed by atoms with Gasteiger partial charge in [-0.25, -0.2) is 9.79 Å². The minimum atomic E-state index is -0.824. The number of para-hydroxylation sites is 1. The molecular formula is C28H22ClN3O7S. The van der Waals surface area contributed by atoms with Gasteiger partial charge in [0.15, 0.2) is 4.80 Å². The Bertz CT molecular complexity index is 1870. The van der Waals surface area contributed by atoms with E-state index in [-0.39, 0.29) is 28.4 Å². The maximum atomic E-state index is 13.8. The van der Waals surface area contributed by atoms with Crippen LogP contribution < -0.4 is 19.6 Å². The molecule has 0 saturated carbocycles. The van der Waals surface area contributed by atoms with Crippen molar-refractivity contribution in [2.75, 3.05) is 13.7 Å². The van der Waals surface area contributed by atoms with Gasteiger partial charge in [0.1, 0.15) is 28.3 Å². The molecule has 2 aromatic carbocycles. The van der Waals surface area contributed by atoms with E-state index in [2.05, 4.69) is 4.99 Å². The van der Waals surface area contributed by atoms with Crippen LogP contribution in [0, 0.1) is 10.1 Å². The van der Waals surface area contributed by atoms with Gasteiger partial charge in [0.25, 0.3) is 11.2 Å². The third-order valence-corrected chi connectivity index (χ3v) is 7.58.